The second-order valence-corrected chi connectivity index (χ2v) is 7.48. The lowest BCUT2D eigenvalue weighted by molar-refractivity contribution is 0.294. The van der Waals surface area contributed by atoms with E-state index < -0.39 is 0 Å². The van der Waals surface area contributed by atoms with Crippen LogP contribution < -0.4 is 9.47 Å². The zero-order valence-electron chi connectivity index (χ0n) is 17.4. The van der Waals surface area contributed by atoms with Gasteiger partial charge < -0.3 is 9.47 Å². The van der Waals surface area contributed by atoms with Crippen LogP contribution in [0.5, 0.6) is 11.6 Å². The molecular formula is C25H33NO2. The first-order valence-corrected chi connectivity index (χ1v) is 10.9. The number of hydrogen-bond donors (Lipinski definition) is 0. The van der Waals surface area contributed by atoms with Gasteiger partial charge in [0.05, 0.1) is 18.7 Å². The van der Waals surface area contributed by atoms with E-state index in [0.29, 0.717) is 0 Å². The molecule has 0 spiro atoms. The van der Waals surface area contributed by atoms with Gasteiger partial charge in [0.25, 0.3) is 0 Å². The van der Waals surface area contributed by atoms with Crippen LogP contribution in [0.2, 0.25) is 0 Å². The van der Waals surface area contributed by atoms with Gasteiger partial charge in [-0.1, -0.05) is 64.5 Å². The highest BCUT2D eigenvalue weighted by Crippen LogP contribution is 2.29. The normalized spacial score (nSPS) is 11.2. The molecule has 0 radical (unpaired) electrons. The first kappa shape index (κ1) is 20.4. The molecular weight excluding hydrogens is 346 g/mol. The molecule has 1 aromatic heterocycles. The Morgan fingerprint density at radius 2 is 1.39 bits per heavy atom. The van der Waals surface area contributed by atoms with Crippen LogP contribution in [-0.4, -0.2) is 18.2 Å². The zero-order chi connectivity index (χ0) is 19.6. The highest BCUT2D eigenvalue weighted by atomic mass is 16.5. The number of ether oxygens (including phenoxy) is 2. The predicted octanol–water partition coefficient (Wildman–Crippen LogP) is 7.31. The van der Waals surface area contributed by atoms with Crippen molar-refractivity contribution in [1.29, 1.82) is 0 Å². The summed E-state index contributed by atoms with van der Waals surface area (Å²) < 4.78 is 11.7. The van der Waals surface area contributed by atoms with Crippen LogP contribution in [0, 0.1) is 0 Å². The van der Waals surface area contributed by atoms with Crippen molar-refractivity contribution in [3.63, 3.8) is 0 Å². The molecule has 0 amide bonds. The van der Waals surface area contributed by atoms with Crippen molar-refractivity contribution in [1.82, 2.24) is 4.98 Å². The van der Waals surface area contributed by atoms with E-state index in [9.17, 15) is 0 Å². The summed E-state index contributed by atoms with van der Waals surface area (Å²) in [6, 6.07) is 14.6. The molecule has 0 unspecified atom stereocenters. The maximum atomic E-state index is 5.89. The zero-order valence-corrected chi connectivity index (χ0v) is 17.4. The summed E-state index contributed by atoms with van der Waals surface area (Å²) >= 11 is 0. The van der Waals surface area contributed by atoms with Gasteiger partial charge in [-0.25, -0.2) is 4.98 Å². The second-order valence-electron chi connectivity index (χ2n) is 7.48. The predicted molar refractivity (Wildman–Crippen MR) is 119 cm³/mol. The third-order valence-electron chi connectivity index (χ3n) is 5.15. The summed E-state index contributed by atoms with van der Waals surface area (Å²) in [5, 5.41) is 3.55. The van der Waals surface area contributed by atoms with Crippen molar-refractivity contribution in [2.45, 2.75) is 65.2 Å². The van der Waals surface area contributed by atoms with Crippen LogP contribution >= 0.6 is 0 Å². The van der Waals surface area contributed by atoms with Gasteiger partial charge in [-0.05, 0) is 47.9 Å². The quantitative estimate of drug-likeness (QED) is 0.244. The van der Waals surface area contributed by atoms with Crippen molar-refractivity contribution in [2.24, 2.45) is 0 Å². The molecule has 0 aliphatic heterocycles. The first-order valence-electron chi connectivity index (χ1n) is 10.9. The minimum absolute atomic E-state index is 0.721. The van der Waals surface area contributed by atoms with Crippen LogP contribution in [0.4, 0.5) is 0 Å². The molecule has 0 fully saturated rings. The van der Waals surface area contributed by atoms with Crippen LogP contribution in [0.15, 0.2) is 42.5 Å². The van der Waals surface area contributed by atoms with Gasteiger partial charge in [0.2, 0.25) is 5.88 Å². The van der Waals surface area contributed by atoms with Gasteiger partial charge >= 0.3 is 0 Å². The van der Waals surface area contributed by atoms with Crippen molar-refractivity contribution in [3.05, 3.63) is 42.5 Å². The van der Waals surface area contributed by atoms with Crippen molar-refractivity contribution < 1.29 is 9.47 Å². The number of unbranched alkanes of at least 4 members (excludes halogenated alkanes) is 6. The minimum atomic E-state index is 0.721. The molecule has 0 saturated heterocycles. The Morgan fingerprint density at radius 3 is 2.25 bits per heavy atom. The van der Waals surface area contributed by atoms with Gasteiger partial charge in [0.1, 0.15) is 5.75 Å². The summed E-state index contributed by atoms with van der Waals surface area (Å²) in [7, 11) is 0. The first-order chi connectivity index (χ1) is 13.8. The molecule has 2 aromatic carbocycles. The van der Waals surface area contributed by atoms with E-state index >= 15 is 0 Å². The molecule has 0 aliphatic rings. The number of rotatable bonds is 12. The summed E-state index contributed by atoms with van der Waals surface area (Å²) in [6.07, 6.45) is 9.74. The molecule has 150 valence electrons. The van der Waals surface area contributed by atoms with Crippen molar-refractivity contribution >= 4 is 21.7 Å². The average Bonchev–Trinajstić information content (AvgIpc) is 2.73. The van der Waals surface area contributed by atoms with E-state index in [1.807, 2.05) is 6.07 Å². The fourth-order valence-corrected chi connectivity index (χ4v) is 3.50. The standard InChI is InChI=1S/C25H33NO2/c1-3-5-7-8-10-18-28-25-16-14-23-22-13-12-21(27-17-9-6-4-2)19-20(22)11-15-24(23)26-25/h11-16,19H,3-10,17-18H2,1-2H3. The monoisotopic (exact) mass is 379 g/mol. The molecule has 0 aliphatic carbocycles. The van der Waals surface area contributed by atoms with E-state index in [4.69, 9.17) is 14.5 Å². The largest absolute Gasteiger partial charge is 0.494 e. The van der Waals surface area contributed by atoms with E-state index in [1.165, 1.54) is 49.3 Å². The summed E-state index contributed by atoms with van der Waals surface area (Å²) in [6.45, 7) is 5.97. The molecule has 0 atom stereocenters. The molecule has 3 rings (SSSR count). The van der Waals surface area contributed by atoms with Crippen molar-refractivity contribution in [2.75, 3.05) is 13.2 Å². The Labute approximate surface area is 169 Å². The number of benzene rings is 2. The number of fused-ring (bicyclic) bond motifs is 3. The molecule has 0 saturated carbocycles. The van der Waals surface area contributed by atoms with Crippen LogP contribution in [-0.2, 0) is 0 Å². The minimum Gasteiger partial charge on any atom is -0.494 e. The number of nitrogens with zero attached hydrogens (tertiary/aromatic N) is 1. The highest BCUT2D eigenvalue weighted by molar-refractivity contribution is 6.06. The third kappa shape index (κ3) is 5.60. The fourth-order valence-electron chi connectivity index (χ4n) is 3.50. The topological polar surface area (TPSA) is 31.4 Å². The van der Waals surface area contributed by atoms with E-state index in [2.05, 4.69) is 50.2 Å². The van der Waals surface area contributed by atoms with Crippen LogP contribution in [0.25, 0.3) is 21.7 Å². The van der Waals surface area contributed by atoms with Gasteiger partial charge in [-0.3, -0.25) is 0 Å². The smallest absolute Gasteiger partial charge is 0.213 e. The SMILES string of the molecule is CCCCCCCOc1ccc2c(ccc3cc(OCCCCC)ccc32)n1. The van der Waals surface area contributed by atoms with Crippen LogP contribution in [0.1, 0.15) is 65.2 Å². The molecule has 3 heteroatoms. The molecule has 3 nitrogen and oxygen atoms in total. The maximum absolute atomic E-state index is 5.89. The Bertz CT molecular complexity index is 875. The van der Waals surface area contributed by atoms with Crippen molar-refractivity contribution in [3.8, 4) is 11.6 Å². The third-order valence-corrected chi connectivity index (χ3v) is 5.15. The van der Waals surface area contributed by atoms with E-state index in [0.717, 1.165) is 48.6 Å². The number of pyridine rings is 1. The van der Waals surface area contributed by atoms with Gasteiger partial charge in [-0.15, -0.1) is 0 Å². The molecule has 28 heavy (non-hydrogen) atoms. The van der Waals surface area contributed by atoms with Gasteiger partial charge in [-0.2, -0.15) is 0 Å². The number of aromatic nitrogens is 1. The fraction of sp³-hybridized carbons (Fsp3) is 0.480. The molecule has 1 heterocycles. The maximum Gasteiger partial charge on any atom is 0.213 e. The summed E-state index contributed by atoms with van der Waals surface area (Å²) in [5.74, 6) is 1.66. The highest BCUT2D eigenvalue weighted by Gasteiger charge is 2.05. The summed E-state index contributed by atoms with van der Waals surface area (Å²) in [5.41, 5.74) is 0.979. The van der Waals surface area contributed by atoms with Gasteiger partial charge in [0.15, 0.2) is 0 Å². The lowest BCUT2D eigenvalue weighted by atomic mass is 10.0. The Balaban J connectivity index is 1.65. The lowest BCUT2D eigenvalue weighted by Gasteiger charge is -2.10. The van der Waals surface area contributed by atoms with E-state index in [-0.39, 0.29) is 0 Å². The van der Waals surface area contributed by atoms with Gasteiger partial charge in [0, 0.05) is 11.5 Å². The Kier molecular flexibility index (Phi) is 7.95. The Morgan fingerprint density at radius 1 is 0.679 bits per heavy atom. The average molecular weight is 380 g/mol. The molecule has 0 N–H and O–H groups in total. The van der Waals surface area contributed by atoms with Crippen LogP contribution in [0.3, 0.4) is 0 Å². The summed E-state index contributed by atoms with van der Waals surface area (Å²) in [4.78, 5) is 4.70. The Hall–Kier alpha value is -2.29. The molecule has 0 bridgehead atoms. The lowest BCUT2D eigenvalue weighted by Crippen LogP contribution is -1.99. The second kappa shape index (κ2) is 10.9. The molecule has 3 aromatic rings. The van der Waals surface area contributed by atoms with E-state index in [1.54, 1.807) is 0 Å². The number of hydrogen-bond acceptors (Lipinski definition) is 3.